The second-order valence-electron chi connectivity index (χ2n) is 5.33. The number of halogens is 2. The zero-order valence-corrected chi connectivity index (χ0v) is 14.7. The second kappa shape index (κ2) is 8.50. The van der Waals surface area contributed by atoms with Crippen molar-refractivity contribution in [3.8, 4) is 0 Å². The van der Waals surface area contributed by atoms with Gasteiger partial charge >= 0.3 is 5.97 Å². The molecule has 2 N–H and O–H groups in total. The van der Waals surface area contributed by atoms with Gasteiger partial charge in [0.15, 0.2) is 0 Å². The molecule has 1 fully saturated rings. The van der Waals surface area contributed by atoms with Crippen LogP contribution in [-0.4, -0.2) is 41.0 Å². The normalized spacial score (nSPS) is 18.4. The van der Waals surface area contributed by atoms with E-state index in [0.717, 1.165) is 28.6 Å². The van der Waals surface area contributed by atoms with Crippen molar-refractivity contribution in [2.24, 2.45) is 0 Å². The summed E-state index contributed by atoms with van der Waals surface area (Å²) < 4.78 is 0.988. The Kier molecular flexibility index (Phi) is 7.32. The van der Waals surface area contributed by atoms with Crippen molar-refractivity contribution < 1.29 is 14.7 Å². The summed E-state index contributed by atoms with van der Waals surface area (Å²) in [5.74, 6) is -1.02. The molecule has 22 heavy (non-hydrogen) atoms. The standard InChI is InChI=1S/C15H19BrN2O3.ClH/c1-10-8-11(5-6-12(10)16)17-14(19)9-18-7-3-2-4-13(18)15(20)21;/h5-6,8,13H,2-4,7,9H2,1H3,(H,17,19)(H,20,21);1H. The van der Waals surface area contributed by atoms with Crippen molar-refractivity contribution in [2.75, 3.05) is 18.4 Å². The number of aliphatic carboxylic acids is 1. The number of amides is 1. The van der Waals surface area contributed by atoms with E-state index in [4.69, 9.17) is 0 Å². The fourth-order valence-electron chi connectivity index (χ4n) is 2.57. The lowest BCUT2D eigenvalue weighted by Gasteiger charge is -2.32. The Morgan fingerprint density at radius 1 is 1.41 bits per heavy atom. The predicted molar refractivity (Wildman–Crippen MR) is 91.6 cm³/mol. The highest BCUT2D eigenvalue weighted by Gasteiger charge is 2.29. The number of carbonyl (C=O) groups excluding carboxylic acids is 1. The van der Waals surface area contributed by atoms with Gasteiger partial charge in [-0.3, -0.25) is 14.5 Å². The smallest absolute Gasteiger partial charge is 0.320 e. The number of likely N-dealkylation sites (tertiary alicyclic amines) is 1. The molecule has 122 valence electrons. The van der Waals surface area contributed by atoms with E-state index in [1.165, 1.54) is 0 Å². The lowest BCUT2D eigenvalue weighted by Crippen LogP contribution is -2.47. The number of hydrogen-bond donors (Lipinski definition) is 2. The second-order valence-corrected chi connectivity index (χ2v) is 6.19. The van der Waals surface area contributed by atoms with Crippen LogP contribution in [0.2, 0.25) is 0 Å². The number of aryl methyl sites for hydroxylation is 1. The van der Waals surface area contributed by atoms with Gasteiger partial charge in [-0.15, -0.1) is 12.4 Å². The molecule has 0 aromatic heterocycles. The number of carboxylic acids is 1. The molecule has 1 aliphatic rings. The van der Waals surface area contributed by atoms with Crippen LogP contribution in [0.15, 0.2) is 22.7 Å². The monoisotopic (exact) mass is 390 g/mol. The van der Waals surface area contributed by atoms with Crippen molar-refractivity contribution in [3.63, 3.8) is 0 Å². The molecule has 1 aromatic rings. The molecule has 0 spiro atoms. The van der Waals surface area contributed by atoms with Crippen LogP contribution in [0.1, 0.15) is 24.8 Å². The van der Waals surface area contributed by atoms with Gasteiger partial charge in [-0.25, -0.2) is 0 Å². The predicted octanol–water partition coefficient (Wildman–Crippen LogP) is 3.06. The first-order valence-corrected chi connectivity index (χ1v) is 7.79. The zero-order chi connectivity index (χ0) is 15.4. The third-order valence-corrected chi connectivity index (χ3v) is 4.58. The average Bonchev–Trinajstić information content (AvgIpc) is 2.43. The highest BCUT2D eigenvalue weighted by Crippen LogP contribution is 2.21. The number of hydrogen-bond acceptors (Lipinski definition) is 3. The molecule has 7 heteroatoms. The van der Waals surface area contributed by atoms with Gasteiger partial charge in [0.2, 0.25) is 5.91 Å². The van der Waals surface area contributed by atoms with E-state index < -0.39 is 12.0 Å². The summed E-state index contributed by atoms with van der Waals surface area (Å²) in [4.78, 5) is 25.0. The van der Waals surface area contributed by atoms with Gasteiger partial charge in [-0.2, -0.15) is 0 Å². The van der Waals surface area contributed by atoms with Crippen LogP contribution in [0.5, 0.6) is 0 Å². The van der Waals surface area contributed by atoms with E-state index in [1.807, 2.05) is 25.1 Å². The van der Waals surface area contributed by atoms with E-state index in [1.54, 1.807) is 4.90 Å². The molecule has 5 nitrogen and oxygen atoms in total. The van der Waals surface area contributed by atoms with Gasteiger partial charge in [-0.05, 0) is 50.1 Å². The first-order chi connectivity index (χ1) is 9.97. The van der Waals surface area contributed by atoms with Crippen molar-refractivity contribution in [1.82, 2.24) is 4.90 Å². The van der Waals surface area contributed by atoms with Crippen LogP contribution in [0.4, 0.5) is 5.69 Å². The number of benzene rings is 1. The Morgan fingerprint density at radius 3 is 2.77 bits per heavy atom. The fraction of sp³-hybridized carbons (Fsp3) is 0.467. The minimum absolute atomic E-state index is 0. The number of carbonyl (C=O) groups is 2. The molecule has 1 aliphatic heterocycles. The molecule has 1 atom stereocenters. The number of nitrogens with one attached hydrogen (secondary N) is 1. The van der Waals surface area contributed by atoms with Gasteiger partial charge in [-0.1, -0.05) is 22.4 Å². The largest absolute Gasteiger partial charge is 0.480 e. The fourth-order valence-corrected chi connectivity index (χ4v) is 2.81. The average molecular weight is 392 g/mol. The maximum Gasteiger partial charge on any atom is 0.320 e. The summed E-state index contributed by atoms with van der Waals surface area (Å²) in [5, 5.41) is 12.0. The topological polar surface area (TPSA) is 69.6 Å². The SMILES string of the molecule is Cc1cc(NC(=O)CN2CCCCC2C(=O)O)ccc1Br.Cl. The number of piperidine rings is 1. The zero-order valence-electron chi connectivity index (χ0n) is 12.3. The van der Waals surface area contributed by atoms with Crippen LogP contribution in [0, 0.1) is 6.92 Å². The summed E-state index contributed by atoms with van der Waals surface area (Å²) in [6, 6.07) is 5.04. The lowest BCUT2D eigenvalue weighted by atomic mass is 10.0. The summed E-state index contributed by atoms with van der Waals surface area (Å²) in [6.45, 7) is 2.72. The van der Waals surface area contributed by atoms with E-state index in [9.17, 15) is 14.7 Å². The lowest BCUT2D eigenvalue weighted by molar-refractivity contribution is -0.145. The van der Waals surface area contributed by atoms with Crippen LogP contribution in [0.3, 0.4) is 0 Å². The molecule has 0 bridgehead atoms. The minimum atomic E-state index is -0.845. The molecular formula is C15H20BrClN2O3. The Labute approximate surface area is 144 Å². The number of nitrogens with zero attached hydrogens (tertiary/aromatic N) is 1. The van der Waals surface area contributed by atoms with E-state index in [-0.39, 0.29) is 24.9 Å². The van der Waals surface area contributed by atoms with Gasteiger partial charge in [0, 0.05) is 10.2 Å². The maximum atomic E-state index is 12.1. The molecule has 0 saturated carbocycles. The van der Waals surface area contributed by atoms with Gasteiger partial charge in [0.05, 0.1) is 6.54 Å². The van der Waals surface area contributed by atoms with Gasteiger partial charge in [0.25, 0.3) is 0 Å². The Morgan fingerprint density at radius 2 is 2.14 bits per heavy atom. The van der Waals surface area contributed by atoms with Crippen LogP contribution in [0.25, 0.3) is 0 Å². The molecule has 0 radical (unpaired) electrons. The van der Waals surface area contributed by atoms with Gasteiger partial charge < -0.3 is 10.4 Å². The summed E-state index contributed by atoms with van der Waals surface area (Å²) in [6.07, 6.45) is 2.45. The summed E-state index contributed by atoms with van der Waals surface area (Å²) in [5.41, 5.74) is 1.76. The molecule has 1 aromatic carbocycles. The van der Waals surface area contributed by atoms with E-state index in [2.05, 4.69) is 21.2 Å². The number of rotatable bonds is 4. The summed E-state index contributed by atoms with van der Waals surface area (Å²) >= 11 is 3.41. The quantitative estimate of drug-likeness (QED) is 0.827. The molecule has 2 rings (SSSR count). The number of carboxylic acid groups (broad SMARTS) is 1. The van der Waals surface area contributed by atoms with Crippen molar-refractivity contribution >= 4 is 45.9 Å². The molecule has 1 saturated heterocycles. The van der Waals surface area contributed by atoms with E-state index >= 15 is 0 Å². The highest BCUT2D eigenvalue weighted by atomic mass is 79.9. The Balaban J connectivity index is 0.00000242. The Bertz CT molecular complexity index is 554. The number of anilines is 1. The third kappa shape index (κ3) is 4.97. The van der Waals surface area contributed by atoms with Gasteiger partial charge in [0.1, 0.15) is 6.04 Å². The molecule has 1 amide bonds. The molecule has 0 aliphatic carbocycles. The van der Waals surface area contributed by atoms with Crippen LogP contribution >= 0.6 is 28.3 Å². The molecular weight excluding hydrogens is 372 g/mol. The first-order valence-electron chi connectivity index (χ1n) is 7.00. The van der Waals surface area contributed by atoms with Crippen LogP contribution < -0.4 is 5.32 Å². The minimum Gasteiger partial charge on any atom is -0.480 e. The first kappa shape index (κ1) is 18.9. The van der Waals surface area contributed by atoms with Crippen molar-refractivity contribution in [3.05, 3.63) is 28.2 Å². The van der Waals surface area contributed by atoms with Crippen molar-refractivity contribution in [2.45, 2.75) is 32.2 Å². The summed E-state index contributed by atoms with van der Waals surface area (Å²) in [7, 11) is 0. The Hall–Kier alpha value is -1.11. The molecule has 1 unspecified atom stereocenters. The van der Waals surface area contributed by atoms with E-state index in [0.29, 0.717) is 13.0 Å². The highest BCUT2D eigenvalue weighted by molar-refractivity contribution is 9.10. The maximum absolute atomic E-state index is 12.1. The molecule has 1 heterocycles. The van der Waals surface area contributed by atoms with Crippen LogP contribution in [-0.2, 0) is 9.59 Å². The van der Waals surface area contributed by atoms with Crippen molar-refractivity contribution in [1.29, 1.82) is 0 Å². The third-order valence-electron chi connectivity index (χ3n) is 3.69.